The quantitative estimate of drug-likeness (QED) is 0.490. The van der Waals surface area contributed by atoms with Crippen molar-refractivity contribution in [2.24, 2.45) is 0 Å². The lowest BCUT2D eigenvalue weighted by molar-refractivity contribution is -0.142. The fraction of sp³-hybridized carbons (Fsp3) is 0.150. The Morgan fingerprint density at radius 1 is 1.22 bits per heavy atom. The lowest BCUT2D eigenvalue weighted by Gasteiger charge is -2.02. The number of aromatic nitrogens is 1. The van der Waals surface area contributed by atoms with E-state index in [9.17, 15) is 9.59 Å². The van der Waals surface area contributed by atoms with Gasteiger partial charge >= 0.3 is 5.97 Å². The fourth-order valence-electron chi connectivity index (χ4n) is 2.38. The van der Waals surface area contributed by atoms with Gasteiger partial charge in [-0.1, -0.05) is 30.3 Å². The molecule has 0 fully saturated rings. The first-order valence-corrected chi connectivity index (χ1v) is 9.20. The number of thiazole rings is 1. The Hall–Kier alpha value is -3.19. The maximum atomic E-state index is 12.1. The SMILES string of the molecule is CCOC(=O)Cc1sc(NC(=O)/C=C/c2ccco2)nc1-c1ccccc1. The molecule has 0 aliphatic heterocycles. The van der Waals surface area contributed by atoms with Gasteiger partial charge in [0.25, 0.3) is 0 Å². The summed E-state index contributed by atoms with van der Waals surface area (Å²) < 4.78 is 10.2. The smallest absolute Gasteiger partial charge is 0.311 e. The summed E-state index contributed by atoms with van der Waals surface area (Å²) in [6.07, 6.45) is 4.58. The molecule has 0 atom stereocenters. The number of carbonyl (C=O) groups excluding carboxylic acids is 2. The van der Waals surface area contributed by atoms with Crippen LogP contribution in [-0.2, 0) is 20.7 Å². The molecule has 2 aromatic heterocycles. The molecule has 27 heavy (non-hydrogen) atoms. The van der Waals surface area contributed by atoms with E-state index in [1.54, 1.807) is 25.1 Å². The van der Waals surface area contributed by atoms with Crippen LogP contribution in [0.3, 0.4) is 0 Å². The Morgan fingerprint density at radius 3 is 2.74 bits per heavy atom. The first kappa shape index (κ1) is 18.6. The minimum absolute atomic E-state index is 0.105. The summed E-state index contributed by atoms with van der Waals surface area (Å²) in [6, 6.07) is 13.0. The van der Waals surface area contributed by atoms with Crippen LogP contribution in [0.4, 0.5) is 5.13 Å². The summed E-state index contributed by atoms with van der Waals surface area (Å²) in [5, 5.41) is 3.15. The van der Waals surface area contributed by atoms with Crippen molar-refractivity contribution in [3.63, 3.8) is 0 Å². The van der Waals surface area contributed by atoms with Crippen molar-refractivity contribution < 1.29 is 18.7 Å². The van der Waals surface area contributed by atoms with E-state index in [0.717, 1.165) is 10.4 Å². The second kappa shape index (κ2) is 8.95. The molecule has 0 saturated carbocycles. The Bertz CT molecular complexity index is 930. The van der Waals surface area contributed by atoms with Crippen LogP contribution < -0.4 is 5.32 Å². The third kappa shape index (κ3) is 5.15. The van der Waals surface area contributed by atoms with Gasteiger partial charge in [0.05, 0.1) is 25.0 Å². The lowest BCUT2D eigenvalue weighted by Crippen LogP contribution is -2.07. The van der Waals surface area contributed by atoms with Gasteiger partial charge in [-0.05, 0) is 25.1 Å². The number of carbonyl (C=O) groups is 2. The standard InChI is InChI=1S/C20H18N2O4S/c1-2-25-18(24)13-16-19(14-7-4-3-5-8-14)22-20(27-16)21-17(23)11-10-15-9-6-12-26-15/h3-12H,2,13H2,1H3,(H,21,22,23)/b11-10+. The van der Waals surface area contributed by atoms with Crippen molar-refractivity contribution in [3.8, 4) is 11.3 Å². The van der Waals surface area contributed by atoms with Gasteiger partial charge in [0.15, 0.2) is 5.13 Å². The molecule has 0 saturated heterocycles. The molecule has 0 spiro atoms. The van der Waals surface area contributed by atoms with Gasteiger partial charge in [-0.25, -0.2) is 4.98 Å². The molecule has 1 N–H and O–H groups in total. The van der Waals surface area contributed by atoms with Gasteiger partial charge < -0.3 is 9.15 Å². The molecule has 138 valence electrons. The van der Waals surface area contributed by atoms with Crippen LogP contribution in [-0.4, -0.2) is 23.5 Å². The molecule has 1 aromatic carbocycles. The molecular weight excluding hydrogens is 364 g/mol. The highest BCUT2D eigenvalue weighted by atomic mass is 32.1. The zero-order valence-corrected chi connectivity index (χ0v) is 15.5. The van der Waals surface area contributed by atoms with Crippen LogP contribution in [0.2, 0.25) is 0 Å². The van der Waals surface area contributed by atoms with Crippen molar-refractivity contribution in [3.05, 3.63) is 65.4 Å². The summed E-state index contributed by atoms with van der Waals surface area (Å²) in [4.78, 5) is 29.3. The van der Waals surface area contributed by atoms with E-state index in [2.05, 4.69) is 10.3 Å². The predicted molar refractivity (Wildman–Crippen MR) is 104 cm³/mol. The second-order valence-electron chi connectivity index (χ2n) is 5.48. The maximum absolute atomic E-state index is 12.1. The summed E-state index contributed by atoms with van der Waals surface area (Å²) >= 11 is 1.26. The van der Waals surface area contributed by atoms with Crippen molar-refractivity contribution in [1.82, 2.24) is 4.98 Å². The number of anilines is 1. The van der Waals surface area contributed by atoms with Crippen LogP contribution in [0.1, 0.15) is 17.6 Å². The first-order chi connectivity index (χ1) is 13.2. The minimum atomic E-state index is -0.331. The average Bonchev–Trinajstić information content (AvgIpc) is 3.31. The van der Waals surface area contributed by atoms with Crippen molar-refractivity contribution >= 4 is 34.4 Å². The lowest BCUT2D eigenvalue weighted by atomic mass is 10.1. The van der Waals surface area contributed by atoms with Crippen molar-refractivity contribution in [1.29, 1.82) is 0 Å². The van der Waals surface area contributed by atoms with E-state index in [0.29, 0.717) is 23.2 Å². The van der Waals surface area contributed by atoms with Crippen LogP contribution in [0.15, 0.2) is 59.2 Å². The first-order valence-electron chi connectivity index (χ1n) is 8.39. The average molecular weight is 382 g/mol. The summed E-state index contributed by atoms with van der Waals surface area (Å²) in [5.41, 5.74) is 1.54. The van der Waals surface area contributed by atoms with Gasteiger partial charge in [0.2, 0.25) is 5.91 Å². The topological polar surface area (TPSA) is 81.4 Å². The Labute approximate surface area is 160 Å². The van der Waals surface area contributed by atoms with E-state index in [1.165, 1.54) is 23.7 Å². The number of hydrogen-bond acceptors (Lipinski definition) is 6. The number of nitrogens with zero attached hydrogens (tertiary/aromatic N) is 1. The van der Waals surface area contributed by atoms with E-state index >= 15 is 0 Å². The minimum Gasteiger partial charge on any atom is -0.466 e. The number of furan rings is 1. The van der Waals surface area contributed by atoms with E-state index in [4.69, 9.17) is 9.15 Å². The highest BCUT2D eigenvalue weighted by Gasteiger charge is 2.17. The van der Waals surface area contributed by atoms with Crippen LogP contribution in [0.25, 0.3) is 17.3 Å². The third-order valence-corrected chi connectivity index (χ3v) is 4.50. The molecule has 0 aliphatic carbocycles. The van der Waals surface area contributed by atoms with Crippen molar-refractivity contribution in [2.45, 2.75) is 13.3 Å². The molecule has 0 bridgehead atoms. The van der Waals surface area contributed by atoms with Crippen molar-refractivity contribution in [2.75, 3.05) is 11.9 Å². The number of benzene rings is 1. The predicted octanol–water partition coefficient (Wildman–Crippen LogP) is 4.16. The number of ether oxygens (including phenoxy) is 1. The third-order valence-electron chi connectivity index (χ3n) is 3.53. The van der Waals surface area contributed by atoms with Crippen LogP contribution in [0, 0.1) is 0 Å². The molecule has 7 heteroatoms. The Kier molecular flexibility index (Phi) is 6.17. The molecule has 0 radical (unpaired) electrons. The number of esters is 1. The second-order valence-corrected chi connectivity index (χ2v) is 6.56. The van der Waals surface area contributed by atoms with Gasteiger partial charge in [0.1, 0.15) is 5.76 Å². The number of amides is 1. The molecule has 0 unspecified atom stereocenters. The molecule has 6 nitrogen and oxygen atoms in total. The van der Waals surface area contributed by atoms with Gasteiger partial charge in [0, 0.05) is 16.5 Å². The molecule has 1 amide bonds. The van der Waals surface area contributed by atoms with E-state index in [-0.39, 0.29) is 18.3 Å². The summed E-state index contributed by atoms with van der Waals surface area (Å²) in [5.74, 6) is -0.0753. The Morgan fingerprint density at radius 2 is 2.04 bits per heavy atom. The molecule has 3 aromatic rings. The number of hydrogen-bond donors (Lipinski definition) is 1. The normalized spacial score (nSPS) is 10.9. The zero-order valence-electron chi connectivity index (χ0n) is 14.7. The van der Waals surface area contributed by atoms with Gasteiger partial charge in [-0.3, -0.25) is 14.9 Å². The largest absolute Gasteiger partial charge is 0.466 e. The Balaban J connectivity index is 1.80. The zero-order chi connectivity index (χ0) is 19.1. The fourth-order valence-corrected chi connectivity index (χ4v) is 3.35. The molecule has 0 aliphatic rings. The number of rotatable bonds is 7. The number of nitrogens with one attached hydrogen (secondary N) is 1. The highest BCUT2D eigenvalue weighted by Crippen LogP contribution is 2.31. The molecule has 2 heterocycles. The van der Waals surface area contributed by atoms with Gasteiger partial charge in [-0.2, -0.15) is 0 Å². The van der Waals surface area contributed by atoms with Gasteiger partial charge in [-0.15, -0.1) is 11.3 Å². The van der Waals surface area contributed by atoms with Crippen LogP contribution in [0.5, 0.6) is 0 Å². The summed E-state index contributed by atoms with van der Waals surface area (Å²) in [6.45, 7) is 2.08. The van der Waals surface area contributed by atoms with E-state index in [1.807, 2.05) is 30.3 Å². The molecule has 3 rings (SSSR count). The monoisotopic (exact) mass is 382 g/mol. The molecular formula is C20H18N2O4S. The highest BCUT2D eigenvalue weighted by molar-refractivity contribution is 7.16. The summed E-state index contributed by atoms with van der Waals surface area (Å²) in [7, 11) is 0. The van der Waals surface area contributed by atoms with Crippen LogP contribution >= 0.6 is 11.3 Å². The maximum Gasteiger partial charge on any atom is 0.311 e. The van der Waals surface area contributed by atoms with E-state index < -0.39 is 0 Å².